The Morgan fingerprint density at radius 2 is 2.00 bits per heavy atom. The predicted molar refractivity (Wildman–Crippen MR) is 78.1 cm³/mol. The van der Waals surface area contributed by atoms with Gasteiger partial charge in [-0.1, -0.05) is 47.5 Å². The third kappa shape index (κ3) is 3.55. The Morgan fingerprint density at radius 3 is 2.63 bits per heavy atom. The largest absolute Gasteiger partial charge is 0.330 e. The molecule has 2 aromatic rings. The van der Waals surface area contributed by atoms with E-state index in [1.165, 1.54) is 17.2 Å². The van der Waals surface area contributed by atoms with Crippen LogP contribution in [0.3, 0.4) is 0 Å². The third-order valence-electron chi connectivity index (χ3n) is 3.26. The molecule has 1 atom stereocenters. The van der Waals surface area contributed by atoms with Crippen molar-refractivity contribution in [3.8, 4) is 0 Å². The molecule has 2 rings (SSSR count). The average Bonchev–Trinajstić information content (AvgIpc) is 2.40. The Hall–Kier alpha value is -1.38. The fourth-order valence-corrected chi connectivity index (χ4v) is 2.42. The van der Waals surface area contributed by atoms with Crippen molar-refractivity contribution in [1.82, 2.24) is 0 Å². The van der Waals surface area contributed by atoms with Gasteiger partial charge in [0.15, 0.2) is 0 Å². The third-order valence-corrected chi connectivity index (χ3v) is 3.55. The molecule has 0 aliphatic rings. The van der Waals surface area contributed by atoms with Crippen LogP contribution in [0.5, 0.6) is 0 Å². The fraction of sp³-hybridized carbons (Fsp3) is 0.250. The van der Waals surface area contributed by atoms with E-state index in [1.807, 2.05) is 6.07 Å². The SMILES string of the molecule is Cc1cccc(C(CN)Cc2ccc(F)c(Cl)c2)c1. The second kappa shape index (κ2) is 6.18. The molecule has 2 N–H and O–H groups in total. The molecule has 1 unspecified atom stereocenters. The zero-order chi connectivity index (χ0) is 13.8. The first-order valence-electron chi connectivity index (χ1n) is 6.30. The summed E-state index contributed by atoms with van der Waals surface area (Å²) in [5, 5.41) is 0.164. The molecule has 0 spiro atoms. The first-order chi connectivity index (χ1) is 9.10. The first-order valence-corrected chi connectivity index (χ1v) is 6.68. The van der Waals surface area contributed by atoms with E-state index >= 15 is 0 Å². The lowest BCUT2D eigenvalue weighted by molar-refractivity contribution is 0.625. The van der Waals surface area contributed by atoms with Gasteiger partial charge in [-0.2, -0.15) is 0 Å². The van der Waals surface area contributed by atoms with Crippen LogP contribution in [0.2, 0.25) is 5.02 Å². The van der Waals surface area contributed by atoms with Crippen molar-refractivity contribution in [3.63, 3.8) is 0 Å². The zero-order valence-electron chi connectivity index (χ0n) is 10.9. The van der Waals surface area contributed by atoms with Crippen LogP contribution in [-0.2, 0) is 6.42 Å². The van der Waals surface area contributed by atoms with E-state index < -0.39 is 0 Å². The van der Waals surface area contributed by atoms with Gasteiger partial charge in [0.2, 0.25) is 0 Å². The molecular weight excluding hydrogens is 261 g/mol. The van der Waals surface area contributed by atoms with E-state index in [0.29, 0.717) is 6.54 Å². The van der Waals surface area contributed by atoms with Gasteiger partial charge in [0, 0.05) is 5.92 Å². The van der Waals surface area contributed by atoms with Gasteiger partial charge in [-0.3, -0.25) is 0 Å². The Kier molecular flexibility index (Phi) is 4.56. The molecule has 0 saturated heterocycles. The number of aryl methyl sites for hydroxylation is 1. The topological polar surface area (TPSA) is 26.0 Å². The lowest BCUT2D eigenvalue weighted by atomic mass is 9.91. The highest BCUT2D eigenvalue weighted by molar-refractivity contribution is 6.30. The molecule has 0 heterocycles. The van der Waals surface area contributed by atoms with Crippen molar-refractivity contribution < 1.29 is 4.39 Å². The quantitative estimate of drug-likeness (QED) is 0.896. The lowest BCUT2D eigenvalue weighted by Gasteiger charge is -2.16. The standard InChI is InChI=1S/C16H17ClFN/c1-11-3-2-4-13(7-11)14(10-19)8-12-5-6-16(18)15(17)9-12/h2-7,9,14H,8,10,19H2,1H3. The molecule has 0 aliphatic heterocycles. The van der Waals surface area contributed by atoms with Crippen LogP contribution in [0.1, 0.15) is 22.6 Å². The minimum absolute atomic E-state index is 0.164. The summed E-state index contributed by atoms with van der Waals surface area (Å²) in [4.78, 5) is 0. The summed E-state index contributed by atoms with van der Waals surface area (Å²) in [5.74, 6) is -0.160. The molecule has 0 aromatic heterocycles. The molecular formula is C16H17ClFN. The number of nitrogens with two attached hydrogens (primary N) is 1. The first kappa shape index (κ1) is 14.0. The second-order valence-electron chi connectivity index (χ2n) is 4.80. The van der Waals surface area contributed by atoms with Gasteiger partial charge in [0.25, 0.3) is 0 Å². The fourth-order valence-electron chi connectivity index (χ4n) is 2.21. The summed E-state index contributed by atoms with van der Waals surface area (Å²) in [7, 11) is 0. The molecule has 3 heteroatoms. The molecule has 0 fully saturated rings. The summed E-state index contributed by atoms with van der Waals surface area (Å²) < 4.78 is 13.1. The van der Waals surface area contributed by atoms with E-state index in [-0.39, 0.29) is 16.8 Å². The van der Waals surface area contributed by atoms with Crippen LogP contribution in [0, 0.1) is 12.7 Å². The van der Waals surface area contributed by atoms with Crippen LogP contribution in [-0.4, -0.2) is 6.54 Å². The minimum Gasteiger partial charge on any atom is -0.330 e. The maximum Gasteiger partial charge on any atom is 0.141 e. The number of halogens is 2. The maximum atomic E-state index is 13.1. The summed E-state index contributed by atoms with van der Waals surface area (Å²) >= 11 is 5.81. The minimum atomic E-state index is -0.384. The molecule has 100 valence electrons. The van der Waals surface area contributed by atoms with Gasteiger partial charge in [0.1, 0.15) is 5.82 Å². The normalized spacial score (nSPS) is 12.4. The van der Waals surface area contributed by atoms with Gasteiger partial charge in [0.05, 0.1) is 5.02 Å². The molecule has 0 amide bonds. The van der Waals surface area contributed by atoms with Crippen molar-refractivity contribution in [2.75, 3.05) is 6.54 Å². The van der Waals surface area contributed by atoms with E-state index in [2.05, 4.69) is 25.1 Å². The molecule has 0 bridgehead atoms. The number of benzene rings is 2. The highest BCUT2D eigenvalue weighted by Gasteiger charge is 2.12. The van der Waals surface area contributed by atoms with E-state index in [9.17, 15) is 4.39 Å². The Labute approximate surface area is 118 Å². The van der Waals surface area contributed by atoms with Crippen LogP contribution in [0.15, 0.2) is 42.5 Å². The van der Waals surface area contributed by atoms with Crippen molar-refractivity contribution in [2.45, 2.75) is 19.3 Å². The summed E-state index contributed by atoms with van der Waals surface area (Å²) in [6.45, 7) is 2.62. The summed E-state index contributed by atoms with van der Waals surface area (Å²) in [6, 6.07) is 13.2. The van der Waals surface area contributed by atoms with Crippen LogP contribution < -0.4 is 5.73 Å². The van der Waals surface area contributed by atoms with Crippen LogP contribution >= 0.6 is 11.6 Å². The molecule has 1 nitrogen and oxygen atoms in total. The maximum absolute atomic E-state index is 13.1. The van der Waals surface area contributed by atoms with E-state index in [0.717, 1.165) is 12.0 Å². The van der Waals surface area contributed by atoms with Crippen molar-refractivity contribution in [3.05, 3.63) is 70.0 Å². The number of hydrogen-bond acceptors (Lipinski definition) is 1. The highest BCUT2D eigenvalue weighted by atomic mass is 35.5. The van der Waals surface area contributed by atoms with Crippen molar-refractivity contribution in [1.29, 1.82) is 0 Å². The monoisotopic (exact) mass is 277 g/mol. The molecule has 2 aromatic carbocycles. The number of hydrogen-bond donors (Lipinski definition) is 1. The van der Waals surface area contributed by atoms with Gasteiger partial charge in [-0.15, -0.1) is 0 Å². The molecule has 19 heavy (non-hydrogen) atoms. The van der Waals surface area contributed by atoms with Gasteiger partial charge in [-0.05, 0) is 43.1 Å². The van der Waals surface area contributed by atoms with Gasteiger partial charge >= 0.3 is 0 Å². The van der Waals surface area contributed by atoms with Crippen molar-refractivity contribution in [2.24, 2.45) is 5.73 Å². The van der Waals surface area contributed by atoms with E-state index in [4.69, 9.17) is 17.3 Å². The molecule has 0 aliphatic carbocycles. The van der Waals surface area contributed by atoms with Gasteiger partial charge < -0.3 is 5.73 Å². The second-order valence-corrected chi connectivity index (χ2v) is 5.21. The van der Waals surface area contributed by atoms with E-state index in [1.54, 1.807) is 12.1 Å². The number of rotatable bonds is 4. The highest BCUT2D eigenvalue weighted by Crippen LogP contribution is 2.23. The Bertz CT molecular complexity index is 568. The molecule has 0 radical (unpaired) electrons. The van der Waals surface area contributed by atoms with Crippen LogP contribution in [0.4, 0.5) is 4.39 Å². The van der Waals surface area contributed by atoms with Gasteiger partial charge in [-0.25, -0.2) is 4.39 Å². The Balaban J connectivity index is 2.21. The summed E-state index contributed by atoms with van der Waals surface area (Å²) in [5.41, 5.74) is 9.29. The van der Waals surface area contributed by atoms with Crippen LogP contribution in [0.25, 0.3) is 0 Å². The smallest absolute Gasteiger partial charge is 0.141 e. The Morgan fingerprint density at radius 1 is 1.21 bits per heavy atom. The predicted octanol–water partition coefficient (Wildman–Crippen LogP) is 4.07. The molecule has 0 saturated carbocycles. The zero-order valence-corrected chi connectivity index (χ0v) is 11.6. The lowest BCUT2D eigenvalue weighted by Crippen LogP contribution is -2.15. The summed E-state index contributed by atoms with van der Waals surface area (Å²) in [6.07, 6.45) is 0.764. The average molecular weight is 278 g/mol. The van der Waals surface area contributed by atoms with Crippen molar-refractivity contribution >= 4 is 11.6 Å².